The normalized spacial score (nSPS) is 11.6. The van der Waals surface area contributed by atoms with Crippen LogP contribution in [0.5, 0.6) is 0 Å². The molecule has 0 saturated heterocycles. The van der Waals surface area contributed by atoms with Gasteiger partial charge >= 0.3 is 85.6 Å². The molecule has 0 radical (unpaired) electrons. The number of benzene rings is 1. The van der Waals surface area contributed by atoms with Crippen molar-refractivity contribution in [2.45, 2.75) is 20.7 Å². The van der Waals surface area contributed by atoms with Gasteiger partial charge in [-0.3, -0.25) is 0 Å². The van der Waals surface area contributed by atoms with Gasteiger partial charge in [0.25, 0.3) is 0 Å². The van der Waals surface area contributed by atoms with E-state index >= 15 is 0 Å². The monoisotopic (exact) mass is 286 g/mol. The van der Waals surface area contributed by atoms with Gasteiger partial charge in [-0.05, 0) is 0 Å². The van der Waals surface area contributed by atoms with Crippen molar-refractivity contribution < 1.29 is 3.07 Å². The zero-order chi connectivity index (χ0) is 9.73. The van der Waals surface area contributed by atoms with E-state index in [0.29, 0.717) is 0 Å². The van der Waals surface area contributed by atoms with Crippen molar-refractivity contribution in [2.24, 2.45) is 0 Å². The minimum absolute atomic E-state index is 1.18. The molecule has 0 atom stereocenters. The molecule has 2 heteroatoms. The molecule has 0 aliphatic heterocycles. The van der Waals surface area contributed by atoms with Crippen LogP contribution in [0.25, 0.3) is 0 Å². The van der Waals surface area contributed by atoms with Crippen LogP contribution < -0.4 is 0 Å². The van der Waals surface area contributed by atoms with Gasteiger partial charge in [0.05, 0.1) is 0 Å². The third-order valence-corrected chi connectivity index (χ3v) is 9.72. The Morgan fingerprint density at radius 2 is 1.77 bits per heavy atom. The Bertz CT molecular complexity index is 244. The van der Waals surface area contributed by atoms with Crippen LogP contribution in [0.4, 0.5) is 0 Å². The minimum atomic E-state index is -2.05. The molecular formula is C11H18OSn. The van der Waals surface area contributed by atoms with Crippen LogP contribution in [0.1, 0.15) is 5.56 Å². The summed E-state index contributed by atoms with van der Waals surface area (Å²) in [6.45, 7) is 0. The first-order valence-corrected chi connectivity index (χ1v) is 13.6. The standard InChI is InChI=1S/C8H9.CH3O.2CH3.Sn/c1-2-8-6-4-3-5-7-8;1-2;;;/h3-7H,1-2H2;1H3;2*1H3;/q;-1;;;+1. The number of aryl methyl sites for hydroxylation is 1. The van der Waals surface area contributed by atoms with Crippen molar-refractivity contribution in [3.63, 3.8) is 0 Å². The molecule has 0 heterocycles. The molecule has 0 amide bonds. The van der Waals surface area contributed by atoms with Crippen LogP contribution in [0, 0.1) is 0 Å². The maximum atomic E-state index is 5.57. The van der Waals surface area contributed by atoms with E-state index in [2.05, 4.69) is 40.2 Å². The molecule has 0 aromatic heterocycles. The summed E-state index contributed by atoms with van der Waals surface area (Å²) in [5, 5.41) is 0. The van der Waals surface area contributed by atoms with Crippen molar-refractivity contribution in [3.8, 4) is 0 Å². The summed E-state index contributed by atoms with van der Waals surface area (Å²) in [6, 6.07) is 10.7. The van der Waals surface area contributed by atoms with Crippen molar-refractivity contribution >= 4 is 18.8 Å². The van der Waals surface area contributed by atoms with Crippen molar-refractivity contribution in [2.75, 3.05) is 7.11 Å². The van der Waals surface area contributed by atoms with Gasteiger partial charge in [-0.25, -0.2) is 0 Å². The van der Waals surface area contributed by atoms with E-state index in [1.807, 2.05) is 7.11 Å². The Balaban J connectivity index is 2.44. The second-order valence-corrected chi connectivity index (χ2v) is 16.6. The van der Waals surface area contributed by atoms with E-state index in [0.717, 1.165) is 0 Å². The fraction of sp³-hybridized carbons (Fsp3) is 0.455. The zero-order valence-electron chi connectivity index (χ0n) is 8.71. The maximum absolute atomic E-state index is 5.57. The first kappa shape index (κ1) is 11.1. The quantitative estimate of drug-likeness (QED) is 0.772. The van der Waals surface area contributed by atoms with Crippen LogP contribution in [0.3, 0.4) is 0 Å². The number of hydrogen-bond donors (Lipinski definition) is 0. The van der Waals surface area contributed by atoms with Gasteiger partial charge in [-0.1, -0.05) is 0 Å². The molecule has 0 unspecified atom stereocenters. The second-order valence-electron chi connectivity index (χ2n) is 3.95. The van der Waals surface area contributed by atoms with Crippen molar-refractivity contribution in [1.82, 2.24) is 0 Å². The second kappa shape index (κ2) is 5.01. The number of rotatable bonds is 4. The third-order valence-electron chi connectivity index (χ3n) is 2.41. The molecule has 0 aliphatic rings. The summed E-state index contributed by atoms with van der Waals surface area (Å²) < 4.78 is 6.84. The molecule has 0 saturated carbocycles. The molecular weight excluding hydrogens is 267 g/mol. The molecule has 0 N–H and O–H groups in total. The first-order chi connectivity index (χ1) is 6.14. The fourth-order valence-electron chi connectivity index (χ4n) is 1.19. The fourth-order valence-corrected chi connectivity index (χ4v) is 4.32. The van der Waals surface area contributed by atoms with Crippen molar-refractivity contribution in [3.05, 3.63) is 35.9 Å². The van der Waals surface area contributed by atoms with Crippen LogP contribution in [0.2, 0.25) is 14.3 Å². The van der Waals surface area contributed by atoms with Gasteiger partial charge in [-0.2, -0.15) is 0 Å². The molecule has 0 spiro atoms. The Labute approximate surface area is 85.5 Å². The average molecular weight is 285 g/mol. The van der Waals surface area contributed by atoms with Gasteiger partial charge in [0.2, 0.25) is 0 Å². The molecule has 13 heavy (non-hydrogen) atoms. The summed E-state index contributed by atoms with van der Waals surface area (Å²) in [5.41, 5.74) is 1.43. The van der Waals surface area contributed by atoms with E-state index in [1.54, 1.807) is 0 Å². The zero-order valence-corrected chi connectivity index (χ0v) is 11.6. The summed E-state index contributed by atoms with van der Waals surface area (Å²) >= 11 is -2.05. The summed E-state index contributed by atoms with van der Waals surface area (Å²) in [5.74, 6) is 0. The molecule has 0 fully saturated rings. The van der Waals surface area contributed by atoms with Gasteiger partial charge in [0.15, 0.2) is 0 Å². The summed E-state index contributed by atoms with van der Waals surface area (Å²) in [4.78, 5) is 4.66. The molecule has 1 aromatic carbocycles. The molecule has 0 aliphatic carbocycles. The van der Waals surface area contributed by atoms with Gasteiger partial charge < -0.3 is 0 Å². The van der Waals surface area contributed by atoms with Gasteiger partial charge in [-0.15, -0.1) is 0 Å². The van der Waals surface area contributed by atoms with Crippen LogP contribution in [-0.2, 0) is 9.49 Å². The third kappa shape index (κ3) is 4.14. The predicted molar refractivity (Wildman–Crippen MR) is 59.4 cm³/mol. The van der Waals surface area contributed by atoms with Gasteiger partial charge in [0.1, 0.15) is 0 Å². The molecule has 72 valence electrons. The first-order valence-electron chi connectivity index (χ1n) is 4.73. The SMILES string of the molecule is C[O][Sn]([CH3])([CH3])[CH2]Cc1ccccc1. The van der Waals surface area contributed by atoms with E-state index in [-0.39, 0.29) is 0 Å². The Kier molecular flexibility index (Phi) is 4.26. The average Bonchev–Trinajstić information content (AvgIpc) is 2.17. The Morgan fingerprint density at radius 1 is 1.15 bits per heavy atom. The van der Waals surface area contributed by atoms with Gasteiger partial charge in [0, 0.05) is 0 Å². The van der Waals surface area contributed by atoms with Crippen LogP contribution in [0.15, 0.2) is 30.3 Å². The molecule has 1 nitrogen and oxygen atoms in total. The van der Waals surface area contributed by atoms with Crippen LogP contribution in [-0.4, -0.2) is 25.9 Å². The number of hydrogen-bond acceptors (Lipinski definition) is 1. The van der Waals surface area contributed by atoms with Crippen molar-refractivity contribution in [1.29, 1.82) is 0 Å². The van der Waals surface area contributed by atoms with E-state index < -0.39 is 18.8 Å². The molecule has 1 aromatic rings. The van der Waals surface area contributed by atoms with E-state index in [4.69, 9.17) is 3.07 Å². The Morgan fingerprint density at radius 3 is 2.31 bits per heavy atom. The predicted octanol–water partition coefficient (Wildman–Crippen LogP) is 3.08. The molecule has 1 rings (SSSR count). The molecule has 0 bridgehead atoms. The van der Waals surface area contributed by atoms with E-state index in [9.17, 15) is 0 Å². The summed E-state index contributed by atoms with van der Waals surface area (Å²) in [7, 11) is 1.86. The Hall–Kier alpha value is -0.0213. The summed E-state index contributed by atoms with van der Waals surface area (Å²) in [6.07, 6.45) is 1.18. The van der Waals surface area contributed by atoms with Crippen LogP contribution >= 0.6 is 0 Å². The van der Waals surface area contributed by atoms with E-state index in [1.165, 1.54) is 16.4 Å². The topological polar surface area (TPSA) is 9.23 Å².